The van der Waals surface area contributed by atoms with Crippen LogP contribution in [-0.4, -0.2) is 38.1 Å². The molecule has 0 saturated carbocycles. The Morgan fingerprint density at radius 2 is 0.425 bits per heavy atom. The Labute approximate surface area is 627 Å². The van der Waals surface area contributed by atoms with Crippen LogP contribution in [-0.2, 0) is 0 Å². The van der Waals surface area contributed by atoms with E-state index in [1.807, 2.05) is 0 Å². The summed E-state index contributed by atoms with van der Waals surface area (Å²) in [5.41, 5.74) is 29.5. The second kappa shape index (κ2) is 26.9. The van der Waals surface area contributed by atoms with E-state index < -0.39 is 0 Å². The quantitative estimate of drug-likeness (QED) is 0.114. The van der Waals surface area contributed by atoms with Gasteiger partial charge < -0.3 is 0 Å². The number of benzene rings is 17. The molecule has 0 spiro atoms. The third-order valence-corrected chi connectivity index (χ3v) is 26.3. The van der Waals surface area contributed by atoms with Crippen molar-refractivity contribution in [1.29, 1.82) is 0 Å². The van der Waals surface area contributed by atoms with Crippen molar-refractivity contribution in [2.45, 2.75) is 0 Å². The molecule has 0 aliphatic rings. The summed E-state index contributed by atoms with van der Waals surface area (Å²) in [6, 6.07) is 147. The number of hydrogen-bond acceptors (Lipinski definition) is 0. The van der Waals surface area contributed by atoms with E-state index >= 15 is 0 Å². The van der Waals surface area contributed by atoms with Crippen LogP contribution in [0.1, 0.15) is 0 Å². The molecular formula is C102H66N2Se2. The Morgan fingerprint density at radius 3 is 0.887 bits per heavy atom. The molecule has 0 amide bonds. The molecule has 106 heavy (non-hydrogen) atoms. The van der Waals surface area contributed by atoms with Crippen LogP contribution in [0, 0.1) is 0 Å². The summed E-state index contributed by atoms with van der Waals surface area (Å²) >= 11 is 0.500. The van der Waals surface area contributed by atoms with E-state index in [-0.39, 0.29) is 29.0 Å². The first-order chi connectivity index (χ1) is 52.5. The van der Waals surface area contributed by atoms with Crippen LogP contribution in [0.2, 0.25) is 0 Å². The monoisotopic (exact) mass is 1480 g/mol. The summed E-state index contributed by atoms with van der Waals surface area (Å²) < 4.78 is 10.7. The minimum atomic E-state index is 0.246. The van der Waals surface area contributed by atoms with Crippen molar-refractivity contribution in [3.63, 3.8) is 0 Å². The van der Waals surface area contributed by atoms with E-state index in [0.717, 1.165) is 5.69 Å². The summed E-state index contributed by atoms with van der Waals surface area (Å²) in [5.74, 6) is 0. The van der Waals surface area contributed by atoms with Gasteiger partial charge in [0.2, 0.25) is 0 Å². The summed E-state index contributed by atoms with van der Waals surface area (Å²) in [5, 5.41) is 10.6. The van der Waals surface area contributed by atoms with E-state index in [9.17, 15) is 0 Å². The number of rotatable bonds is 11. The molecule has 21 rings (SSSR count). The van der Waals surface area contributed by atoms with Gasteiger partial charge in [0.25, 0.3) is 0 Å². The maximum absolute atomic E-state index is 2.42. The summed E-state index contributed by atoms with van der Waals surface area (Å²) in [6.07, 6.45) is 0. The predicted octanol–water partition coefficient (Wildman–Crippen LogP) is 27.3. The number of nitrogens with zero attached hydrogens (tertiary/aromatic N) is 2. The maximum atomic E-state index is 2.42. The van der Waals surface area contributed by atoms with Crippen molar-refractivity contribution in [2.75, 3.05) is 0 Å². The fraction of sp³-hybridized carbons (Fsp3) is 0. The number of aromatic nitrogens is 2. The topological polar surface area (TPSA) is 9.86 Å². The molecule has 0 aliphatic carbocycles. The van der Waals surface area contributed by atoms with Gasteiger partial charge in [0, 0.05) is 0 Å². The predicted molar refractivity (Wildman–Crippen MR) is 454 cm³/mol. The molecular weight excluding hydrogens is 1410 g/mol. The van der Waals surface area contributed by atoms with Crippen molar-refractivity contribution >= 4 is 111 Å². The minimum absolute atomic E-state index is 0.246. The summed E-state index contributed by atoms with van der Waals surface area (Å²) in [6.45, 7) is 0. The van der Waals surface area contributed by atoms with E-state index in [1.54, 1.807) is 0 Å². The molecule has 4 heteroatoms. The zero-order valence-corrected chi connectivity index (χ0v) is 61.2. The van der Waals surface area contributed by atoms with Crippen LogP contribution in [0.4, 0.5) is 0 Å². The second-order valence-electron chi connectivity index (χ2n) is 27.5. The Bertz CT molecular complexity index is 6900. The van der Waals surface area contributed by atoms with E-state index in [0.29, 0.717) is 0 Å². The molecule has 4 aromatic heterocycles. The molecule has 17 aromatic carbocycles. The normalized spacial score (nSPS) is 11.6. The Hall–Kier alpha value is -12.6. The van der Waals surface area contributed by atoms with Crippen molar-refractivity contribution in [3.05, 3.63) is 400 Å². The van der Waals surface area contributed by atoms with Crippen molar-refractivity contribution in [1.82, 2.24) is 9.13 Å². The van der Waals surface area contributed by atoms with Crippen LogP contribution in [0.15, 0.2) is 400 Å². The SMILES string of the molecule is c1ccc(-c2ccc(-c3cc(-c4ccc5c(c4)c4ccccc4n5-c4ccc(-c5ccccc5)cc4)cc(-c4cccc5c4[se]c4ccccc45)c3)cc2)cc1.c1ccc(-c2cccc(-c3cc(-c4ccc5c(c4)c4ccccc4n5-c4ccccc4)cc(-c4cccc5c4[se]c4ccccc45)c3)c2)cc1. The standard InChI is InChI=1S/C54H35NSe.C48H31NSe/c1-3-12-36(13-4-1)38-22-24-40(25-23-38)42-32-43(34-44(33-42)46-18-11-19-49-48-17-8-10-21-53(48)56-54(46)49)41-28-31-52-50(35-41)47-16-7-9-20-51(47)55(52)45-29-26-39(27-30-45)37-14-5-2-6-15-37;1-3-13-32(14-4-1)33-15-11-16-34(27-33)36-28-37(30-38(29-36)40-21-12-22-43-42-20-8-10-24-47(42)50-48(40)43)35-25-26-46-44(31-35)41-19-7-9-23-45(41)49(46)39-17-5-2-6-18-39/h1-35H;1-31H. The Balaban J connectivity index is 0.000000141. The van der Waals surface area contributed by atoms with E-state index in [4.69, 9.17) is 0 Å². The van der Waals surface area contributed by atoms with Gasteiger partial charge in [-0.3, -0.25) is 0 Å². The van der Waals surface area contributed by atoms with E-state index in [2.05, 4.69) is 410 Å². The van der Waals surface area contributed by atoms with Crippen LogP contribution in [0.5, 0.6) is 0 Å². The Morgan fingerprint density at radius 1 is 0.151 bits per heavy atom. The van der Waals surface area contributed by atoms with Crippen LogP contribution in [0.25, 0.3) is 194 Å². The first-order valence-electron chi connectivity index (χ1n) is 36.3. The van der Waals surface area contributed by atoms with Crippen molar-refractivity contribution in [2.24, 2.45) is 0 Å². The molecule has 0 unspecified atom stereocenters. The average molecular weight is 1480 g/mol. The van der Waals surface area contributed by atoms with Gasteiger partial charge in [0.15, 0.2) is 0 Å². The van der Waals surface area contributed by atoms with E-state index in [1.165, 1.54) is 188 Å². The number of para-hydroxylation sites is 3. The third kappa shape index (κ3) is 11.4. The van der Waals surface area contributed by atoms with Crippen LogP contribution >= 0.6 is 0 Å². The molecule has 0 fully saturated rings. The van der Waals surface area contributed by atoms with Gasteiger partial charge >= 0.3 is 554 Å². The van der Waals surface area contributed by atoms with Crippen LogP contribution < -0.4 is 0 Å². The van der Waals surface area contributed by atoms with Gasteiger partial charge in [0.1, 0.15) is 0 Å². The Kier molecular flexibility index (Phi) is 16.0. The summed E-state index contributed by atoms with van der Waals surface area (Å²) in [4.78, 5) is 0. The van der Waals surface area contributed by atoms with Gasteiger partial charge in [-0.05, 0) is 11.1 Å². The zero-order valence-electron chi connectivity index (χ0n) is 57.8. The molecule has 496 valence electrons. The average Bonchev–Trinajstić information content (AvgIpc) is 1.57. The molecule has 0 N–H and O–H groups in total. The first kappa shape index (κ1) is 63.1. The molecule has 4 heterocycles. The fourth-order valence-electron chi connectivity index (χ4n) is 16.0. The molecule has 0 bridgehead atoms. The van der Waals surface area contributed by atoms with Gasteiger partial charge in [-0.1, -0.05) is 66.7 Å². The van der Waals surface area contributed by atoms with Gasteiger partial charge in [-0.25, -0.2) is 0 Å². The van der Waals surface area contributed by atoms with Gasteiger partial charge in [-0.15, -0.1) is 0 Å². The van der Waals surface area contributed by atoms with Crippen molar-refractivity contribution in [3.8, 4) is 112 Å². The van der Waals surface area contributed by atoms with Gasteiger partial charge in [-0.2, -0.15) is 0 Å². The summed E-state index contributed by atoms with van der Waals surface area (Å²) in [7, 11) is 0. The fourth-order valence-corrected chi connectivity index (χ4v) is 21.2. The van der Waals surface area contributed by atoms with Crippen molar-refractivity contribution < 1.29 is 0 Å². The molecule has 0 atom stereocenters. The molecule has 0 radical (unpaired) electrons. The molecule has 0 saturated heterocycles. The number of hydrogen-bond donors (Lipinski definition) is 0. The molecule has 0 aliphatic heterocycles. The van der Waals surface area contributed by atoms with Crippen LogP contribution in [0.3, 0.4) is 0 Å². The molecule has 2 nitrogen and oxygen atoms in total. The first-order valence-corrected chi connectivity index (χ1v) is 39.7. The second-order valence-corrected chi connectivity index (χ2v) is 31.9. The third-order valence-electron chi connectivity index (χ3n) is 21.2. The number of fused-ring (bicyclic) bond motifs is 12. The molecule has 21 aromatic rings. The zero-order chi connectivity index (χ0) is 70.0. The van der Waals surface area contributed by atoms with Gasteiger partial charge in [0.05, 0.1) is 0 Å².